The topological polar surface area (TPSA) is 45.1 Å². The van der Waals surface area contributed by atoms with Crippen molar-refractivity contribution < 1.29 is 5.11 Å². The Bertz CT molecular complexity index is 524. The highest BCUT2D eigenvalue weighted by Crippen LogP contribution is 2.22. The molecule has 0 spiro atoms. The predicted molar refractivity (Wildman–Crippen MR) is 81.5 cm³/mol. The zero-order chi connectivity index (χ0) is 13.8. The molecule has 0 aromatic carbocycles. The molecule has 2 heterocycles. The fraction of sp³-hybridized carbons (Fsp3) is 0.533. The number of aromatic nitrogens is 1. The van der Waals surface area contributed by atoms with Gasteiger partial charge in [-0.25, -0.2) is 0 Å². The van der Waals surface area contributed by atoms with E-state index in [4.69, 9.17) is 0 Å². The second-order valence-corrected chi connectivity index (χ2v) is 6.30. The molecular weight excluding hydrogens is 256 g/mol. The zero-order valence-corrected chi connectivity index (χ0v) is 12.6. The average Bonchev–Trinajstić information content (AvgIpc) is 2.85. The fourth-order valence-electron chi connectivity index (χ4n) is 2.00. The second-order valence-electron chi connectivity index (χ2n) is 5.35. The molecule has 2 aromatic rings. The third-order valence-electron chi connectivity index (χ3n) is 3.48. The molecule has 2 unspecified atom stereocenters. The van der Waals surface area contributed by atoms with E-state index in [9.17, 15) is 5.11 Å². The van der Waals surface area contributed by atoms with Gasteiger partial charge in [0.15, 0.2) is 0 Å². The van der Waals surface area contributed by atoms with E-state index in [-0.39, 0.29) is 12.1 Å². The summed E-state index contributed by atoms with van der Waals surface area (Å²) in [6.45, 7) is 7.05. The van der Waals surface area contributed by atoms with E-state index < -0.39 is 0 Å². The zero-order valence-electron chi connectivity index (χ0n) is 11.8. The number of nitrogens with one attached hydrogen (secondary N) is 1. The monoisotopic (exact) mass is 278 g/mol. The molecule has 0 saturated carbocycles. The number of aliphatic hydroxyl groups excluding tert-OH is 1. The number of hydrogen-bond acceptors (Lipinski definition) is 4. The maximum atomic E-state index is 9.77. The van der Waals surface area contributed by atoms with Gasteiger partial charge in [-0.15, -0.1) is 11.3 Å². The molecule has 2 aromatic heterocycles. The third-order valence-corrected chi connectivity index (χ3v) is 4.34. The van der Waals surface area contributed by atoms with Crippen molar-refractivity contribution in [2.45, 2.75) is 39.3 Å². The van der Waals surface area contributed by atoms with Gasteiger partial charge in [-0.2, -0.15) is 0 Å². The van der Waals surface area contributed by atoms with Gasteiger partial charge in [0.25, 0.3) is 0 Å². The molecule has 0 aliphatic carbocycles. The Kier molecular flexibility index (Phi) is 4.91. The lowest BCUT2D eigenvalue weighted by molar-refractivity contribution is 0.115. The molecule has 2 N–H and O–H groups in total. The average molecular weight is 278 g/mol. The Labute approximate surface area is 118 Å². The van der Waals surface area contributed by atoms with Gasteiger partial charge in [0.05, 0.1) is 16.3 Å². The molecule has 0 radical (unpaired) electrons. The van der Waals surface area contributed by atoms with Gasteiger partial charge in [0, 0.05) is 12.2 Å². The highest BCUT2D eigenvalue weighted by Gasteiger charge is 2.11. The molecule has 3 nitrogen and oxygen atoms in total. The summed E-state index contributed by atoms with van der Waals surface area (Å²) in [6.07, 6.45) is 2.50. The standard InChI is InChI=1S/C15H22N2OS/c1-10(2)14(18)4-6-16-11(3)12-8-15-13(17-9-12)5-7-19-15/h5,7-11,14,16,18H,4,6H2,1-3H3. The van der Waals surface area contributed by atoms with Crippen molar-refractivity contribution in [3.8, 4) is 0 Å². The molecule has 0 aliphatic heterocycles. The number of fused-ring (bicyclic) bond motifs is 1. The van der Waals surface area contributed by atoms with Crippen LogP contribution in [0.4, 0.5) is 0 Å². The lowest BCUT2D eigenvalue weighted by Crippen LogP contribution is -2.25. The van der Waals surface area contributed by atoms with E-state index in [0.29, 0.717) is 5.92 Å². The highest BCUT2D eigenvalue weighted by atomic mass is 32.1. The van der Waals surface area contributed by atoms with Gasteiger partial charge in [0.2, 0.25) is 0 Å². The fourth-order valence-corrected chi connectivity index (χ4v) is 2.79. The first kappa shape index (κ1) is 14.4. The largest absolute Gasteiger partial charge is 0.393 e. The maximum absolute atomic E-state index is 9.77. The van der Waals surface area contributed by atoms with Crippen LogP contribution in [0.15, 0.2) is 23.7 Å². The molecule has 0 fully saturated rings. The van der Waals surface area contributed by atoms with Crippen LogP contribution < -0.4 is 5.32 Å². The smallest absolute Gasteiger partial charge is 0.0809 e. The highest BCUT2D eigenvalue weighted by molar-refractivity contribution is 7.17. The van der Waals surface area contributed by atoms with Crippen LogP contribution in [0, 0.1) is 5.92 Å². The Morgan fingerprint density at radius 2 is 2.16 bits per heavy atom. The van der Waals surface area contributed by atoms with Gasteiger partial charge in [-0.3, -0.25) is 4.98 Å². The summed E-state index contributed by atoms with van der Waals surface area (Å²) < 4.78 is 1.23. The van der Waals surface area contributed by atoms with Gasteiger partial charge in [-0.05, 0) is 48.9 Å². The normalized spacial score (nSPS) is 15.0. The Hall–Kier alpha value is -0.970. The van der Waals surface area contributed by atoms with E-state index in [0.717, 1.165) is 18.5 Å². The molecule has 0 aliphatic rings. The predicted octanol–water partition coefficient (Wildman–Crippen LogP) is 3.35. The molecule has 19 heavy (non-hydrogen) atoms. The number of aliphatic hydroxyl groups is 1. The molecule has 0 amide bonds. The first-order valence-corrected chi connectivity index (χ1v) is 7.70. The minimum Gasteiger partial charge on any atom is -0.393 e. The van der Waals surface area contributed by atoms with Crippen molar-refractivity contribution in [3.05, 3.63) is 29.3 Å². The lowest BCUT2D eigenvalue weighted by Gasteiger charge is -2.18. The Morgan fingerprint density at radius 3 is 2.89 bits per heavy atom. The summed E-state index contributed by atoms with van der Waals surface area (Å²) >= 11 is 1.72. The van der Waals surface area contributed by atoms with E-state index in [2.05, 4.69) is 28.7 Å². The third kappa shape index (κ3) is 3.75. The number of nitrogens with zero attached hydrogens (tertiary/aromatic N) is 1. The molecule has 0 saturated heterocycles. The number of pyridine rings is 1. The quantitative estimate of drug-likeness (QED) is 0.851. The van der Waals surface area contributed by atoms with Crippen molar-refractivity contribution in [1.29, 1.82) is 0 Å². The summed E-state index contributed by atoms with van der Waals surface area (Å²) in [6, 6.07) is 4.50. The minimum absolute atomic E-state index is 0.224. The van der Waals surface area contributed by atoms with Crippen LogP contribution in [0.5, 0.6) is 0 Å². The van der Waals surface area contributed by atoms with Crippen LogP contribution in [-0.2, 0) is 0 Å². The van der Waals surface area contributed by atoms with Crippen LogP contribution in [0.1, 0.15) is 38.8 Å². The van der Waals surface area contributed by atoms with E-state index in [1.54, 1.807) is 11.3 Å². The minimum atomic E-state index is -0.224. The van der Waals surface area contributed by atoms with Crippen LogP contribution >= 0.6 is 11.3 Å². The summed E-state index contributed by atoms with van der Waals surface area (Å²) in [5.74, 6) is 0.321. The molecular formula is C15H22N2OS. The number of rotatable bonds is 6. The molecule has 2 atom stereocenters. The van der Waals surface area contributed by atoms with Gasteiger partial charge in [-0.1, -0.05) is 13.8 Å². The summed E-state index contributed by atoms with van der Waals surface area (Å²) in [4.78, 5) is 4.45. The second kappa shape index (κ2) is 6.46. The van der Waals surface area contributed by atoms with Crippen molar-refractivity contribution >= 4 is 21.6 Å². The molecule has 4 heteroatoms. The Balaban J connectivity index is 1.90. The first-order chi connectivity index (χ1) is 9.08. The number of thiophene rings is 1. The number of hydrogen-bond donors (Lipinski definition) is 2. The van der Waals surface area contributed by atoms with Crippen molar-refractivity contribution in [2.24, 2.45) is 5.92 Å². The molecule has 0 bridgehead atoms. The molecule has 2 rings (SSSR count). The van der Waals surface area contributed by atoms with Gasteiger partial charge < -0.3 is 10.4 Å². The van der Waals surface area contributed by atoms with Crippen LogP contribution in [0.25, 0.3) is 10.2 Å². The van der Waals surface area contributed by atoms with Crippen molar-refractivity contribution in [2.75, 3.05) is 6.54 Å². The van der Waals surface area contributed by atoms with Gasteiger partial charge >= 0.3 is 0 Å². The van der Waals surface area contributed by atoms with E-state index >= 15 is 0 Å². The summed E-state index contributed by atoms with van der Waals surface area (Å²) in [5, 5.41) is 15.3. The van der Waals surface area contributed by atoms with Crippen molar-refractivity contribution in [3.63, 3.8) is 0 Å². The van der Waals surface area contributed by atoms with Crippen LogP contribution in [-0.4, -0.2) is 22.7 Å². The molecule has 104 valence electrons. The Morgan fingerprint density at radius 1 is 1.37 bits per heavy atom. The van der Waals surface area contributed by atoms with Crippen LogP contribution in [0.2, 0.25) is 0 Å². The van der Waals surface area contributed by atoms with E-state index in [1.165, 1.54) is 10.3 Å². The first-order valence-electron chi connectivity index (χ1n) is 6.82. The van der Waals surface area contributed by atoms with Gasteiger partial charge in [0.1, 0.15) is 0 Å². The lowest BCUT2D eigenvalue weighted by atomic mass is 10.0. The summed E-state index contributed by atoms with van der Waals surface area (Å²) in [7, 11) is 0. The van der Waals surface area contributed by atoms with Crippen LogP contribution in [0.3, 0.4) is 0 Å². The summed E-state index contributed by atoms with van der Waals surface area (Å²) in [5.41, 5.74) is 2.27. The SMILES string of the molecule is CC(NCCC(O)C(C)C)c1cnc2ccsc2c1. The maximum Gasteiger partial charge on any atom is 0.0809 e. The van der Waals surface area contributed by atoms with E-state index in [1.807, 2.05) is 26.1 Å². The van der Waals surface area contributed by atoms with Crippen molar-refractivity contribution in [1.82, 2.24) is 10.3 Å².